The van der Waals surface area contributed by atoms with Crippen LogP contribution < -0.4 is 0 Å². The number of ketones is 1. The van der Waals surface area contributed by atoms with Crippen LogP contribution in [0.4, 0.5) is 0 Å². The van der Waals surface area contributed by atoms with Gasteiger partial charge < -0.3 is 19.3 Å². The zero-order chi connectivity index (χ0) is 18.0. The van der Waals surface area contributed by atoms with Gasteiger partial charge in [-0.2, -0.15) is 0 Å². The van der Waals surface area contributed by atoms with Gasteiger partial charge in [-0.15, -0.1) is 0 Å². The third-order valence-corrected chi connectivity index (χ3v) is 5.58. The van der Waals surface area contributed by atoms with E-state index in [9.17, 15) is 14.7 Å². The second-order valence-corrected chi connectivity index (χ2v) is 7.64. The normalized spacial score (nSPS) is 49.0. The zero-order valence-electron chi connectivity index (χ0n) is 14.4. The first-order chi connectivity index (χ1) is 11.7. The molecule has 3 fully saturated rings. The van der Waals surface area contributed by atoms with E-state index < -0.39 is 35.7 Å². The van der Waals surface area contributed by atoms with Crippen LogP contribution in [0.15, 0.2) is 36.0 Å². The number of ether oxygens (including phenoxy) is 3. The van der Waals surface area contributed by atoms with Gasteiger partial charge in [-0.05, 0) is 44.4 Å². The molecule has 0 aromatic rings. The van der Waals surface area contributed by atoms with Gasteiger partial charge in [0.25, 0.3) is 0 Å². The number of fused-ring (bicyclic) bond motifs is 2. The Kier molecular flexibility index (Phi) is 3.58. The molecule has 0 aromatic carbocycles. The highest BCUT2D eigenvalue weighted by atomic mass is 16.7. The third kappa shape index (κ3) is 2.60. The SMILES string of the molecule is C=C(C)[C@@H]1C[C@H]2O[C@](O)(/C=C\C(=O)/C=C(/C)C[C@@H]3OC(=O)[C@]24O[C@@H]34)C1. The van der Waals surface area contributed by atoms with Gasteiger partial charge in [-0.25, -0.2) is 4.79 Å². The molecule has 0 amide bonds. The molecule has 0 aliphatic carbocycles. The molecule has 0 saturated carbocycles. The average molecular weight is 346 g/mol. The van der Waals surface area contributed by atoms with E-state index in [0.717, 1.165) is 11.1 Å². The molecule has 6 atom stereocenters. The molecule has 0 radical (unpaired) electrons. The molecule has 4 heterocycles. The van der Waals surface area contributed by atoms with Crippen LogP contribution >= 0.6 is 0 Å². The van der Waals surface area contributed by atoms with E-state index in [2.05, 4.69) is 6.58 Å². The van der Waals surface area contributed by atoms with Crippen LogP contribution in [-0.2, 0) is 23.8 Å². The van der Waals surface area contributed by atoms with Crippen LogP contribution in [0, 0.1) is 5.92 Å². The van der Waals surface area contributed by atoms with Crippen molar-refractivity contribution >= 4 is 11.8 Å². The fourth-order valence-electron chi connectivity index (χ4n) is 4.19. The first-order valence-electron chi connectivity index (χ1n) is 8.58. The van der Waals surface area contributed by atoms with Crippen molar-refractivity contribution in [1.82, 2.24) is 0 Å². The Morgan fingerprint density at radius 2 is 2.12 bits per heavy atom. The summed E-state index contributed by atoms with van der Waals surface area (Å²) in [6.45, 7) is 7.69. The Labute approximate surface area is 146 Å². The quantitative estimate of drug-likeness (QED) is 0.441. The van der Waals surface area contributed by atoms with Crippen LogP contribution in [-0.4, -0.2) is 46.6 Å². The molecule has 3 saturated heterocycles. The number of carbonyl (C=O) groups excluding carboxylic acids is 2. The topological polar surface area (TPSA) is 85.4 Å². The smallest absolute Gasteiger partial charge is 0.344 e. The van der Waals surface area contributed by atoms with Crippen LogP contribution in [0.3, 0.4) is 0 Å². The minimum atomic E-state index is -1.65. The summed E-state index contributed by atoms with van der Waals surface area (Å²) >= 11 is 0. The predicted octanol–water partition coefficient (Wildman–Crippen LogP) is 1.58. The molecular formula is C19H22O6. The summed E-state index contributed by atoms with van der Waals surface area (Å²) in [5.41, 5.74) is 0.549. The molecule has 0 spiro atoms. The number of aliphatic hydroxyl groups is 1. The zero-order valence-corrected chi connectivity index (χ0v) is 14.4. The maximum absolute atomic E-state index is 12.5. The van der Waals surface area contributed by atoms with E-state index in [4.69, 9.17) is 14.2 Å². The highest BCUT2D eigenvalue weighted by Gasteiger charge is 2.77. The van der Waals surface area contributed by atoms with Crippen molar-refractivity contribution in [1.29, 1.82) is 0 Å². The fraction of sp³-hybridized carbons (Fsp3) is 0.579. The van der Waals surface area contributed by atoms with E-state index in [1.165, 1.54) is 18.2 Å². The maximum atomic E-state index is 12.5. The summed E-state index contributed by atoms with van der Waals surface area (Å²) < 4.78 is 17.2. The highest BCUT2D eigenvalue weighted by molar-refractivity contribution is 5.99. The minimum Gasteiger partial charge on any atom is -0.457 e. The molecule has 4 aliphatic rings. The summed E-state index contributed by atoms with van der Waals surface area (Å²) in [6, 6.07) is 0. The van der Waals surface area contributed by atoms with Crippen LogP contribution in [0.25, 0.3) is 0 Å². The van der Waals surface area contributed by atoms with Crippen LogP contribution in [0.2, 0.25) is 0 Å². The lowest BCUT2D eigenvalue weighted by atomic mass is 9.80. The van der Waals surface area contributed by atoms with E-state index in [-0.39, 0.29) is 18.1 Å². The van der Waals surface area contributed by atoms with Crippen LogP contribution in [0.1, 0.15) is 33.1 Å². The standard InChI is InChI=1S/C19H22O6/c1-10(2)12-8-15-19-16(25-19)14(23-17(19)21)7-11(3)6-13(20)4-5-18(22,9-12)24-15/h4-6,12,14-16,22H,1,7-9H2,2-3H3/b5-4-,11-6-/t12-,14+,15-,16+,18-,19+/m1/s1. The Balaban J connectivity index is 1.77. The number of hydrogen-bond donors (Lipinski definition) is 1. The monoisotopic (exact) mass is 346 g/mol. The van der Waals surface area contributed by atoms with E-state index in [1.54, 1.807) is 0 Å². The largest absolute Gasteiger partial charge is 0.457 e. The molecule has 4 bridgehead atoms. The Morgan fingerprint density at radius 3 is 2.80 bits per heavy atom. The number of rotatable bonds is 1. The van der Waals surface area contributed by atoms with E-state index in [0.29, 0.717) is 12.8 Å². The summed E-state index contributed by atoms with van der Waals surface area (Å²) in [7, 11) is 0. The minimum absolute atomic E-state index is 0.0465. The molecule has 25 heavy (non-hydrogen) atoms. The lowest BCUT2D eigenvalue weighted by Gasteiger charge is -2.41. The Bertz CT molecular complexity index is 721. The predicted molar refractivity (Wildman–Crippen MR) is 87.4 cm³/mol. The highest BCUT2D eigenvalue weighted by Crippen LogP contribution is 2.55. The number of carbonyl (C=O) groups is 2. The Hall–Kier alpha value is -1.76. The van der Waals surface area contributed by atoms with Gasteiger partial charge in [-0.3, -0.25) is 4.79 Å². The first-order valence-corrected chi connectivity index (χ1v) is 8.58. The lowest BCUT2D eigenvalue weighted by Crippen LogP contribution is -2.51. The summed E-state index contributed by atoms with van der Waals surface area (Å²) in [6.07, 6.45) is 3.94. The Morgan fingerprint density at radius 1 is 1.36 bits per heavy atom. The van der Waals surface area contributed by atoms with Gasteiger partial charge in [0.1, 0.15) is 18.3 Å². The van der Waals surface area contributed by atoms with Gasteiger partial charge in [-0.1, -0.05) is 17.7 Å². The average Bonchev–Trinajstić information content (AvgIpc) is 3.22. The van der Waals surface area contributed by atoms with Crippen molar-refractivity contribution in [2.45, 2.75) is 62.8 Å². The van der Waals surface area contributed by atoms with Gasteiger partial charge in [0.2, 0.25) is 5.60 Å². The van der Waals surface area contributed by atoms with Gasteiger partial charge in [0.15, 0.2) is 11.6 Å². The maximum Gasteiger partial charge on any atom is 0.344 e. The molecule has 6 heteroatoms. The fourth-order valence-corrected chi connectivity index (χ4v) is 4.19. The van der Waals surface area contributed by atoms with Crippen molar-refractivity contribution in [2.24, 2.45) is 5.92 Å². The third-order valence-electron chi connectivity index (χ3n) is 5.58. The summed E-state index contributed by atoms with van der Waals surface area (Å²) in [4.78, 5) is 24.6. The van der Waals surface area contributed by atoms with Gasteiger partial charge >= 0.3 is 5.97 Å². The number of esters is 1. The molecule has 134 valence electrons. The van der Waals surface area contributed by atoms with Crippen molar-refractivity contribution in [2.75, 3.05) is 0 Å². The molecule has 0 unspecified atom stereocenters. The summed E-state index contributed by atoms with van der Waals surface area (Å²) in [5, 5.41) is 10.9. The number of hydrogen-bond acceptors (Lipinski definition) is 6. The van der Waals surface area contributed by atoms with Crippen molar-refractivity contribution < 1.29 is 28.9 Å². The van der Waals surface area contributed by atoms with E-state index in [1.807, 2.05) is 13.8 Å². The number of allylic oxidation sites excluding steroid dienone is 3. The van der Waals surface area contributed by atoms with Gasteiger partial charge in [0.05, 0.1) is 0 Å². The van der Waals surface area contributed by atoms with Crippen LogP contribution in [0.5, 0.6) is 0 Å². The summed E-state index contributed by atoms with van der Waals surface area (Å²) in [5.74, 6) is -2.38. The molecule has 1 N–H and O–H groups in total. The van der Waals surface area contributed by atoms with Crippen molar-refractivity contribution in [3.05, 3.63) is 36.0 Å². The first kappa shape index (κ1) is 16.7. The lowest BCUT2D eigenvalue weighted by molar-refractivity contribution is -0.244. The second kappa shape index (κ2) is 5.37. The molecule has 4 aliphatic heterocycles. The molecule has 6 nitrogen and oxygen atoms in total. The second-order valence-electron chi connectivity index (χ2n) is 7.64. The molecule has 0 aromatic heterocycles. The van der Waals surface area contributed by atoms with Gasteiger partial charge in [0, 0.05) is 12.8 Å². The van der Waals surface area contributed by atoms with Crippen molar-refractivity contribution in [3.63, 3.8) is 0 Å². The molecular weight excluding hydrogens is 324 g/mol. The number of epoxide rings is 1. The molecule has 4 rings (SSSR count). The van der Waals surface area contributed by atoms with E-state index >= 15 is 0 Å². The van der Waals surface area contributed by atoms with Crippen molar-refractivity contribution in [3.8, 4) is 0 Å².